The Balaban J connectivity index is 1.35. The Hall–Kier alpha value is -3.27. The number of hydrogen-bond donors (Lipinski definition) is 2. The zero-order chi connectivity index (χ0) is 23.4. The lowest BCUT2D eigenvalue weighted by Crippen LogP contribution is -2.53. The molecule has 2 aliphatic rings. The predicted octanol–water partition coefficient (Wildman–Crippen LogP) is 3.86. The van der Waals surface area contributed by atoms with Crippen LogP contribution in [0, 0.1) is 0 Å². The number of ether oxygens (including phenoxy) is 1. The quantitative estimate of drug-likeness (QED) is 0.724. The fraction of sp³-hybridized carbons (Fsp3) is 0.391. The van der Waals surface area contributed by atoms with E-state index in [0.29, 0.717) is 32.6 Å². The topological polar surface area (TPSA) is 73.9 Å². The largest absolute Gasteiger partial charge is 0.416 e. The molecule has 2 N–H and O–H groups in total. The molecule has 2 saturated heterocycles. The van der Waals surface area contributed by atoms with E-state index < -0.39 is 23.8 Å². The van der Waals surface area contributed by atoms with Crippen LogP contribution < -0.4 is 20.4 Å². The van der Waals surface area contributed by atoms with Gasteiger partial charge >= 0.3 is 12.2 Å². The van der Waals surface area contributed by atoms with Crippen LogP contribution in [0.15, 0.2) is 48.5 Å². The van der Waals surface area contributed by atoms with Gasteiger partial charge in [-0.05, 0) is 61.4 Å². The van der Waals surface area contributed by atoms with Gasteiger partial charge < -0.3 is 25.2 Å². The summed E-state index contributed by atoms with van der Waals surface area (Å²) in [7, 11) is 0. The number of nitrogens with one attached hydrogen (secondary N) is 2. The zero-order valence-electron chi connectivity index (χ0n) is 17.9. The lowest BCUT2D eigenvalue weighted by molar-refractivity contribution is -0.137. The third kappa shape index (κ3) is 5.57. The van der Waals surface area contributed by atoms with Crippen molar-refractivity contribution in [2.45, 2.75) is 25.1 Å². The number of carbonyl (C=O) groups excluding carboxylic acids is 2. The van der Waals surface area contributed by atoms with Crippen LogP contribution in [0.1, 0.15) is 18.4 Å². The van der Waals surface area contributed by atoms with Gasteiger partial charge in [0, 0.05) is 36.7 Å². The maximum Gasteiger partial charge on any atom is 0.416 e. The van der Waals surface area contributed by atoms with Crippen LogP contribution in [-0.2, 0) is 15.7 Å². The molecular formula is C23H25F3N4O3. The van der Waals surface area contributed by atoms with E-state index in [4.69, 9.17) is 4.74 Å². The van der Waals surface area contributed by atoms with Gasteiger partial charge in [0.05, 0.1) is 18.8 Å². The first-order valence-corrected chi connectivity index (χ1v) is 10.8. The van der Waals surface area contributed by atoms with Crippen LogP contribution in [0.3, 0.4) is 0 Å². The number of rotatable bonds is 4. The van der Waals surface area contributed by atoms with Crippen molar-refractivity contribution in [1.82, 2.24) is 5.32 Å². The molecule has 3 amide bonds. The Morgan fingerprint density at radius 1 is 0.939 bits per heavy atom. The molecule has 33 heavy (non-hydrogen) atoms. The molecule has 0 unspecified atom stereocenters. The SMILES string of the molecule is O=C(Nc1ccc(C(F)(F)F)cc1)N[C@@H]1CCCN(c2ccc(N3CCOCC3)cc2)C1=O. The second kappa shape index (κ2) is 9.70. The molecule has 0 spiro atoms. The second-order valence-electron chi connectivity index (χ2n) is 7.97. The van der Waals surface area contributed by atoms with Gasteiger partial charge in [0.2, 0.25) is 5.91 Å². The van der Waals surface area contributed by atoms with Crippen molar-refractivity contribution in [1.29, 1.82) is 0 Å². The summed E-state index contributed by atoms with van der Waals surface area (Å²) in [5, 5.41) is 5.12. The first-order chi connectivity index (χ1) is 15.8. The van der Waals surface area contributed by atoms with Crippen LogP contribution in [-0.4, -0.2) is 50.8 Å². The van der Waals surface area contributed by atoms with E-state index in [1.54, 1.807) is 4.90 Å². The molecule has 7 nitrogen and oxygen atoms in total. The van der Waals surface area contributed by atoms with Gasteiger partial charge in [-0.2, -0.15) is 13.2 Å². The molecule has 0 bridgehead atoms. The Morgan fingerprint density at radius 3 is 2.21 bits per heavy atom. The van der Waals surface area contributed by atoms with Gasteiger partial charge in [-0.15, -0.1) is 0 Å². The molecule has 1 atom stereocenters. The van der Waals surface area contributed by atoms with Crippen molar-refractivity contribution in [3.8, 4) is 0 Å². The van der Waals surface area contributed by atoms with Crippen molar-refractivity contribution in [2.24, 2.45) is 0 Å². The maximum absolute atomic E-state index is 13.0. The van der Waals surface area contributed by atoms with Crippen molar-refractivity contribution in [2.75, 3.05) is 48.0 Å². The van der Waals surface area contributed by atoms with Gasteiger partial charge in [0.25, 0.3) is 0 Å². The number of hydrogen-bond acceptors (Lipinski definition) is 4. The molecule has 4 rings (SSSR count). The van der Waals surface area contributed by atoms with Gasteiger partial charge in [-0.3, -0.25) is 4.79 Å². The summed E-state index contributed by atoms with van der Waals surface area (Å²) < 4.78 is 43.4. The van der Waals surface area contributed by atoms with Crippen LogP contribution in [0.5, 0.6) is 0 Å². The van der Waals surface area contributed by atoms with E-state index in [0.717, 1.165) is 36.6 Å². The highest BCUT2D eigenvalue weighted by Crippen LogP contribution is 2.30. The molecule has 2 fully saturated rings. The minimum absolute atomic E-state index is 0.208. The highest BCUT2D eigenvalue weighted by molar-refractivity contribution is 6.01. The van der Waals surface area contributed by atoms with E-state index in [9.17, 15) is 22.8 Å². The predicted molar refractivity (Wildman–Crippen MR) is 118 cm³/mol. The molecule has 0 saturated carbocycles. The van der Waals surface area contributed by atoms with Gasteiger partial charge in [0.15, 0.2) is 0 Å². The number of piperidine rings is 1. The summed E-state index contributed by atoms with van der Waals surface area (Å²) in [5.41, 5.74) is 1.23. The molecule has 2 aromatic carbocycles. The molecule has 10 heteroatoms. The van der Waals surface area contributed by atoms with Crippen LogP contribution >= 0.6 is 0 Å². The number of halogens is 3. The Labute approximate surface area is 189 Å². The monoisotopic (exact) mass is 462 g/mol. The number of alkyl halides is 3. The van der Waals surface area contributed by atoms with E-state index in [1.807, 2.05) is 24.3 Å². The van der Waals surface area contributed by atoms with E-state index >= 15 is 0 Å². The van der Waals surface area contributed by atoms with Gasteiger partial charge in [-0.25, -0.2) is 4.79 Å². The lowest BCUT2D eigenvalue weighted by Gasteiger charge is -2.33. The number of benzene rings is 2. The average Bonchev–Trinajstić information content (AvgIpc) is 2.81. The summed E-state index contributed by atoms with van der Waals surface area (Å²) in [5.74, 6) is -0.219. The number of carbonyl (C=O) groups is 2. The van der Waals surface area contributed by atoms with E-state index in [1.165, 1.54) is 12.1 Å². The first-order valence-electron chi connectivity index (χ1n) is 10.8. The van der Waals surface area contributed by atoms with Gasteiger partial charge in [-0.1, -0.05) is 0 Å². The minimum Gasteiger partial charge on any atom is -0.378 e. The summed E-state index contributed by atoms with van der Waals surface area (Å²) >= 11 is 0. The summed E-state index contributed by atoms with van der Waals surface area (Å²) in [6.07, 6.45) is -3.25. The molecule has 2 aromatic rings. The molecule has 2 aliphatic heterocycles. The van der Waals surface area contributed by atoms with E-state index in [-0.39, 0.29) is 11.6 Å². The minimum atomic E-state index is -4.45. The Morgan fingerprint density at radius 2 is 1.58 bits per heavy atom. The fourth-order valence-corrected chi connectivity index (χ4v) is 4.00. The second-order valence-corrected chi connectivity index (χ2v) is 7.97. The molecule has 0 aliphatic carbocycles. The number of amides is 3. The molecule has 0 aromatic heterocycles. The number of nitrogens with zero attached hydrogens (tertiary/aromatic N) is 2. The Bertz CT molecular complexity index is 974. The number of anilines is 3. The van der Waals surface area contributed by atoms with Crippen LogP contribution in [0.25, 0.3) is 0 Å². The average molecular weight is 462 g/mol. The summed E-state index contributed by atoms with van der Waals surface area (Å²) in [4.78, 5) is 29.2. The lowest BCUT2D eigenvalue weighted by atomic mass is 10.0. The molecular weight excluding hydrogens is 437 g/mol. The van der Waals surface area contributed by atoms with E-state index in [2.05, 4.69) is 15.5 Å². The highest BCUT2D eigenvalue weighted by atomic mass is 19.4. The normalized spacial score (nSPS) is 19.4. The third-order valence-electron chi connectivity index (χ3n) is 5.75. The molecule has 2 heterocycles. The zero-order valence-corrected chi connectivity index (χ0v) is 17.9. The van der Waals surface area contributed by atoms with Gasteiger partial charge in [0.1, 0.15) is 6.04 Å². The van der Waals surface area contributed by atoms with Crippen LogP contribution in [0.2, 0.25) is 0 Å². The smallest absolute Gasteiger partial charge is 0.378 e. The number of urea groups is 1. The highest BCUT2D eigenvalue weighted by Gasteiger charge is 2.32. The standard InChI is InChI=1S/C23H25F3N4O3/c24-23(25,26)16-3-5-17(6-4-16)27-22(32)28-20-2-1-11-30(21(20)31)19-9-7-18(8-10-19)29-12-14-33-15-13-29/h3-10,20H,1-2,11-15H2,(H2,27,28,32)/t20-/m1/s1. The number of morpholine rings is 1. The third-order valence-corrected chi connectivity index (χ3v) is 5.75. The van der Waals surface area contributed by atoms with Crippen molar-refractivity contribution < 1.29 is 27.5 Å². The van der Waals surface area contributed by atoms with Crippen molar-refractivity contribution in [3.05, 3.63) is 54.1 Å². The van der Waals surface area contributed by atoms with Crippen molar-refractivity contribution >= 4 is 29.0 Å². The molecule has 0 radical (unpaired) electrons. The summed E-state index contributed by atoms with van der Waals surface area (Å²) in [6, 6.07) is 10.5. The fourth-order valence-electron chi connectivity index (χ4n) is 4.00. The summed E-state index contributed by atoms with van der Waals surface area (Å²) in [6.45, 7) is 3.57. The Kier molecular flexibility index (Phi) is 6.73. The molecule has 176 valence electrons. The maximum atomic E-state index is 13.0. The van der Waals surface area contributed by atoms with Crippen LogP contribution in [0.4, 0.5) is 35.0 Å². The van der Waals surface area contributed by atoms with Crippen molar-refractivity contribution in [3.63, 3.8) is 0 Å². The first kappa shape index (κ1) is 22.9.